The summed E-state index contributed by atoms with van der Waals surface area (Å²) in [7, 11) is 0. The van der Waals surface area contributed by atoms with E-state index in [1.165, 1.54) is 6.26 Å². The molecule has 24 heavy (non-hydrogen) atoms. The van der Waals surface area contributed by atoms with Gasteiger partial charge in [-0.1, -0.05) is 18.2 Å². The molecule has 6 nitrogen and oxygen atoms in total. The fraction of sp³-hybridized carbons (Fsp3) is 0.333. The number of nitrogens with one attached hydrogen (secondary N) is 2. The van der Waals surface area contributed by atoms with Crippen LogP contribution in [0.2, 0.25) is 0 Å². The van der Waals surface area contributed by atoms with Crippen LogP contribution in [0.1, 0.15) is 36.4 Å². The Morgan fingerprint density at radius 2 is 1.92 bits per heavy atom. The summed E-state index contributed by atoms with van der Waals surface area (Å²) >= 11 is 0. The first-order valence-electron chi connectivity index (χ1n) is 7.77. The molecule has 0 spiro atoms. The molecule has 1 aromatic carbocycles. The fourth-order valence-electron chi connectivity index (χ4n) is 2.24. The van der Waals surface area contributed by atoms with Gasteiger partial charge in [0.05, 0.1) is 12.8 Å². The number of hydrogen-bond donors (Lipinski definition) is 3. The van der Waals surface area contributed by atoms with Gasteiger partial charge in [0, 0.05) is 18.0 Å². The second-order valence-corrected chi connectivity index (χ2v) is 5.97. The summed E-state index contributed by atoms with van der Waals surface area (Å²) in [6.07, 6.45) is 1.58. The molecule has 0 aliphatic carbocycles. The molecule has 0 radical (unpaired) electrons. The maximum absolute atomic E-state index is 12.0. The minimum atomic E-state index is -1.28. The van der Waals surface area contributed by atoms with E-state index in [0.29, 0.717) is 11.3 Å². The van der Waals surface area contributed by atoms with Crippen molar-refractivity contribution in [3.8, 4) is 0 Å². The molecule has 128 valence electrons. The topological polar surface area (TPSA) is 91.6 Å². The lowest BCUT2D eigenvalue weighted by Gasteiger charge is -2.22. The summed E-state index contributed by atoms with van der Waals surface area (Å²) < 4.78 is 5.15. The Morgan fingerprint density at radius 1 is 1.21 bits per heavy atom. The molecule has 0 fully saturated rings. The molecule has 0 saturated carbocycles. The Hall–Kier alpha value is -2.60. The summed E-state index contributed by atoms with van der Waals surface area (Å²) in [5.41, 5.74) is -0.735. The molecule has 2 atom stereocenters. The molecule has 2 rings (SSSR count). The Bertz CT molecular complexity index is 666. The molecule has 3 N–H and O–H groups in total. The quantitative estimate of drug-likeness (QED) is 0.722. The van der Waals surface area contributed by atoms with Crippen LogP contribution >= 0.6 is 0 Å². The van der Waals surface area contributed by atoms with Gasteiger partial charge >= 0.3 is 0 Å². The van der Waals surface area contributed by atoms with Crippen molar-refractivity contribution in [2.75, 3.05) is 6.54 Å². The highest BCUT2D eigenvalue weighted by Gasteiger charge is 2.27. The zero-order valence-electron chi connectivity index (χ0n) is 13.8. The van der Waals surface area contributed by atoms with Crippen molar-refractivity contribution in [3.05, 3.63) is 60.1 Å². The van der Waals surface area contributed by atoms with Crippen molar-refractivity contribution in [2.24, 2.45) is 0 Å². The highest BCUT2D eigenvalue weighted by atomic mass is 16.4. The molecule has 0 aliphatic rings. The van der Waals surface area contributed by atoms with Crippen molar-refractivity contribution in [3.63, 3.8) is 0 Å². The number of carbonyl (C=O) groups is 2. The molecule has 6 heteroatoms. The van der Waals surface area contributed by atoms with E-state index in [1.54, 1.807) is 50.2 Å². The maximum Gasteiger partial charge on any atom is 0.251 e. The first kappa shape index (κ1) is 17.7. The Kier molecular flexibility index (Phi) is 5.76. The third-order valence-corrected chi connectivity index (χ3v) is 3.59. The highest BCUT2D eigenvalue weighted by Crippen LogP contribution is 2.19. The van der Waals surface area contributed by atoms with E-state index in [9.17, 15) is 14.7 Å². The van der Waals surface area contributed by atoms with Gasteiger partial charge in [0.2, 0.25) is 5.91 Å². The number of carbonyl (C=O) groups excluding carboxylic acids is 2. The zero-order chi connectivity index (χ0) is 17.6. The van der Waals surface area contributed by atoms with E-state index in [0.717, 1.165) is 0 Å². The first-order valence-corrected chi connectivity index (χ1v) is 7.77. The number of furan rings is 1. The van der Waals surface area contributed by atoms with Crippen LogP contribution < -0.4 is 10.6 Å². The summed E-state index contributed by atoms with van der Waals surface area (Å²) in [5.74, 6) is -0.102. The lowest BCUT2D eigenvalue weighted by atomic mass is 10.0. The molecular weight excluding hydrogens is 308 g/mol. The van der Waals surface area contributed by atoms with Gasteiger partial charge in [0.1, 0.15) is 11.4 Å². The molecule has 1 heterocycles. The van der Waals surface area contributed by atoms with Crippen LogP contribution in [0.4, 0.5) is 0 Å². The minimum Gasteiger partial charge on any atom is -0.466 e. The lowest BCUT2D eigenvalue weighted by Crippen LogP contribution is -2.41. The van der Waals surface area contributed by atoms with Crippen molar-refractivity contribution in [1.29, 1.82) is 0 Å². The second kappa shape index (κ2) is 7.79. The average Bonchev–Trinajstić information content (AvgIpc) is 3.09. The van der Waals surface area contributed by atoms with Gasteiger partial charge in [-0.3, -0.25) is 9.59 Å². The largest absolute Gasteiger partial charge is 0.466 e. The fourth-order valence-corrected chi connectivity index (χ4v) is 2.24. The average molecular weight is 330 g/mol. The number of rotatable bonds is 7. The Morgan fingerprint density at radius 3 is 2.54 bits per heavy atom. The monoisotopic (exact) mass is 330 g/mol. The van der Waals surface area contributed by atoms with Crippen LogP contribution in [0.3, 0.4) is 0 Å². The van der Waals surface area contributed by atoms with Gasteiger partial charge < -0.3 is 20.2 Å². The summed E-state index contributed by atoms with van der Waals surface area (Å²) in [6, 6.07) is 11.8. The predicted molar refractivity (Wildman–Crippen MR) is 89.3 cm³/mol. The van der Waals surface area contributed by atoms with Crippen LogP contribution in [0.5, 0.6) is 0 Å². The van der Waals surface area contributed by atoms with E-state index in [2.05, 4.69) is 10.6 Å². The number of aliphatic hydroxyl groups is 1. The predicted octanol–water partition coefficient (Wildman–Crippen LogP) is 1.81. The van der Waals surface area contributed by atoms with Gasteiger partial charge in [-0.2, -0.15) is 0 Å². The number of benzene rings is 1. The van der Waals surface area contributed by atoms with Crippen molar-refractivity contribution in [1.82, 2.24) is 10.6 Å². The molecule has 1 aromatic heterocycles. The first-order chi connectivity index (χ1) is 11.4. The molecule has 2 aromatic rings. The van der Waals surface area contributed by atoms with E-state index in [-0.39, 0.29) is 30.8 Å². The zero-order valence-corrected chi connectivity index (χ0v) is 13.8. The molecule has 0 aliphatic heterocycles. The highest BCUT2D eigenvalue weighted by molar-refractivity contribution is 5.94. The van der Waals surface area contributed by atoms with Crippen molar-refractivity contribution >= 4 is 11.8 Å². The molecular formula is C18H22N2O4. The van der Waals surface area contributed by atoms with Crippen LogP contribution in [-0.4, -0.2) is 29.5 Å². The Balaban J connectivity index is 1.78. The SMILES string of the molecule is CC(CC(=O)NCC(C)(O)c1ccco1)NC(=O)c1ccccc1. The summed E-state index contributed by atoms with van der Waals surface area (Å²) in [6.45, 7) is 3.34. The second-order valence-electron chi connectivity index (χ2n) is 5.97. The van der Waals surface area contributed by atoms with Crippen molar-refractivity contribution in [2.45, 2.75) is 31.9 Å². The van der Waals surface area contributed by atoms with E-state index in [1.807, 2.05) is 6.07 Å². The normalized spacial score (nSPS) is 14.5. The lowest BCUT2D eigenvalue weighted by molar-refractivity contribution is -0.122. The van der Waals surface area contributed by atoms with E-state index in [4.69, 9.17) is 4.42 Å². The van der Waals surface area contributed by atoms with Crippen LogP contribution in [0.15, 0.2) is 53.1 Å². The smallest absolute Gasteiger partial charge is 0.251 e. The van der Waals surface area contributed by atoms with Gasteiger partial charge in [-0.25, -0.2) is 0 Å². The van der Waals surface area contributed by atoms with Gasteiger partial charge in [-0.05, 0) is 38.1 Å². The summed E-state index contributed by atoms with van der Waals surface area (Å²) in [5, 5.41) is 15.7. The van der Waals surface area contributed by atoms with Crippen LogP contribution in [0, 0.1) is 0 Å². The van der Waals surface area contributed by atoms with Crippen LogP contribution in [-0.2, 0) is 10.4 Å². The number of hydrogen-bond acceptors (Lipinski definition) is 4. The molecule has 0 bridgehead atoms. The third kappa shape index (κ3) is 4.96. The van der Waals surface area contributed by atoms with E-state index < -0.39 is 5.60 Å². The summed E-state index contributed by atoms with van der Waals surface area (Å²) in [4.78, 5) is 24.0. The van der Waals surface area contributed by atoms with Crippen molar-refractivity contribution < 1.29 is 19.1 Å². The van der Waals surface area contributed by atoms with E-state index >= 15 is 0 Å². The third-order valence-electron chi connectivity index (χ3n) is 3.59. The molecule has 2 unspecified atom stereocenters. The van der Waals surface area contributed by atoms with Crippen LogP contribution in [0.25, 0.3) is 0 Å². The van der Waals surface area contributed by atoms with Gasteiger partial charge in [-0.15, -0.1) is 0 Å². The standard InChI is InChI=1S/C18H22N2O4/c1-13(20-17(22)14-7-4-3-5-8-14)11-16(21)19-12-18(2,23)15-9-6-10-24-15/h3-10,13,23H,11-12H2,1-2H3,(H,19,21)(H,20,22). The Labute approximate surface area is 140 Å². The maximum atomic E-state index is 12.0. The van der Waals surface area contributed by atoms with Gasteiger partial charge in [0.15, 0.2) is 0 Å². The van der Waals surface area contributed by atoms with Gasteiger partial charge in [0.25, 0.3) is 5.91 Å². The molecule has 0 saturated heterocycles. The minimum absolute atomic E-state index is 0.0265. The number of amides is 2. The molecule has 2 amide bonds.